The van der Waals surface area contributed by atoms with E-state index in [1.165, 1.54) is 12.2 Å². The maximum atomic E-state index is 4.82. The zero-order valence-corrected chi connectivity index (χ0v) is 10.4. The van der Waals surface area contributed by atoms with Crippen LogP contribution in [0.2, 0.25) is 0 Å². The average Bonchev–Trinajstić information content (AvgIpc) is 2.96. The molecule has 17 heavy (non-hydrogen) atoms. The SMILES string of the molecule is CCC1(c2nc3ccncc3n2C)CCNC1. The first kappa shape index (κ1) is 10.7. The highest BCUT2D eigenvalue weighted by Crippen LogP contribution is 2.34. The lowest BCUT2D eigenvalue weighted by molar-refractivity contribution is 0.415. The fourth-order valence-corrected chi connectivity index (χ4v) is 2.90. The smallest absolute Gasteiger partial charge is 0.117 e. The van der Waals surface area contributed by atoms with Crippen LogP contribution in [0.5, 0.6) is 0 Å². The van der Waals surface area contributed by atoms with Crippen LogP contribution in [0, 0.1) is 0 Å². The molecule has 1 atom stereocenters. The second kappa shape index (κ2) is 3.81. The molecule has 2 aromatic heterocycles. The van der Waals surface area contributed by atoms with E-state index in [9.17, 15) is 0 Å². The van der Waals surface area contributed by atoms with E-state index in [1.54, 1.807) is 0 Å². The maximum absolute atomic E-state index is 4.82. The third kappa shape index (κ3) is 1.47. The minimum Gasteiger partial charge on any atom is -0.329 e. The van der Waals surface area contributed by atoms with Crippen LogP contribution >= 0.6 is 0 Å². The summed E-state index contributed by atoms with van der Waals surface area (Å²) in [6.45, 7) is 4.38. The number of aromatic nitrogens is 3. The molecule has 0 aliphatic carbocycles. The third-order valence-corrected chi connectivity index (χ3v) is 4.08. The molecule has 3 rings (SSSR count). The van der Waals surface area contributed by atoms with Crippen molar-refractivity contribution in [2.24, 2.45) is 7.05 Å². The molecular weight excluding hydrogens is 212 g/mol. The van der Waals surface area contributed by atoms with Gasteiger partial charge in [-0.25, -0.2) is 4.98 Å². The monoisotopic (exact) mass is 230 g/mol. The van der Waals surface area contributed by atoms with Gasteiger partial charge in [-0.2, -0.15) is 0 Å². The topological polar surface area (TPSA) is 42.7 Å². The van der Waals surface area contributed by atoms with Crippen molar-refractivity contribution in [2.75, 3.05) is 13.1 Å². The number of nitrogens with zero attached hydrogens (tertiary/aromatic N) is 3. The summed E-state index contributed by atoms with van der Waals surface area (Å²) in [5.74, 6) is 1.20. The van der Waals surface area contributed by atoms with Crippen molar-refractivity contribution in [2.45, 2.75) is 25.2 Å². The Hall–Kier alpha value is -1.42. The minimum absolute atomic E-state index is 0.202. The quantitative estimate of drug-likeness (QED) is 0.852. The summed E-state index contributed by atoms with van der Waals surface area (Å²) in [5, 5.41) is 3.47. The largest absolute Gasteiger partial charge is 0.329 e. The number of hydrogen-bond acceptors (Lipinski definition) is 3. The number of pyridine rings is 1. The molecule has 1 saturated heterocycles. The first-order chi connectivity index (χ1) is 8.27. The van der Waals surface area contributed by atoms with E-state index in [0.29, 0.717) is 0 Å². The van der Waals surface area contributed by atoms with Crippen molar-refractivity contribution < 1.29 is 0 Å². The molecule has 90 valence electrons. The molecule has 1 aliphatic rings. The van der Waals surface area contributed by atoms with E-state index < -0.39 is 0 Å². The van der Waals surface area contributed by atoms with E-state index >= 15 is 0 Å². The van der Waals surface area contributed by atoms with Gasteiger partial charge in [0.15, 0.2) is 0 Å². The van der Waals surface area contributed by atoms with Crippen molar-refractivity contribution in [1.29, 1.82) is 0 Å². The van der Waals surface area contributed by atoms with Crippen molar-refractivity contribution in [3.63, 3.8) is 0 Å². The lowest BCUT2D eigenvalue weighted by Gasteiger charge is -2.25. The Morgan fingerprint density at radius 3 is 3.06 bits per heavy atom. The second-order valence-corrected chi connectivity index (χ2v) is 4.92. The molecule has 1 fully saturated rings. The summed E-state index contributed by atoms with van der Waals surface area (Å²) in [4.78, 5) is 9.01. The van der Waals surface area contributed by atoms with E-state index in [0.717, 1.165) is 30.5 Å². The van der Waals surface area contributed by atoms with E-state index in [4.69, 9.17) is 4.98 Å². The number of nitrogens with one attached hydrogen (secondary N) is 1. The van der Waals surface area contributed by atoms with Crippen molar-refractivity contribution in [3.8, 4) is 0 Å². The second-order valence-electron chi connectivity index (χ2n) is 4.92. The summed E-state index contributed by atoms with van der Waals surface area (Å²) >= 11 is 0. The average molecular weight is 230 g/mol. The highest BCUT2D eigenvalue weighted by Gasteiger charge is 2.37. The van der Waals surface area contributed by atoms with Gasteiger partial charge in [-0.15, -0.1) is 0 Å². The van der Waals surface area contributed by atoms with Crippen LogP contribution in [-0.2, 0) is 12.5 Å². The Kier molecular flexibility index (Phi) is 2.40. The lowest BCUT2D eigenvalue weighted by atomic mass is 9.83. The summed E-state index contributed by atoms with van der Waals surface area (Å²) in [5.41, 5.74) is 2.38. The molecule has 0 amide bonds. The standard InChI is InChI=1S/C13H18N4/c1-3-13(5-7-15-9-13)12-16-10-4-6-14-8-11(10)17(12)2/h4,6,8,15H,3,5,7,9H2,1-2H3. The molecule has 0 radical (unpaired) electrons. The van der Waals surface area contributed by atoms with E-state index in [1.807, 2.05) is 18.5 Å². The Bertz CT molecular complexity index is 537. The molecule has 0 aromatic carbocycles. The van der Waals surface area contributed by atoms with Crippen LogP contribution in [-0.4, -0.2) is 27.6 Å². The van der Waals surface area contributed by atoms with Gasteiger partial charge in [0.1, 0.15) is 5.82 Å². The number of hydrogen-bond donors (Lipinski definition) is 1. The predicted octanol–water partition coefficient (Wildman–Crippen LogP) is 1.61. The number of imidazole rings is 1. The van der Waals surface area contributed by atoms with Gasteiger partial charge in [0.2, 0.25) is 0 Å². The molecular formula is C13H18N4. The predicted molar refractivity (Wildman–Crippen MR) is 68.0 cm³/mol. The molecule has 1 aliphatic heterocycles. The summed E-state index contributed by atoms with van der Waals surface area (Å²) < 4.78 is 2.21. The van der Waals surface area contributed by atoms with Gasteiger partial charge >= 0.3 is 0 Å². The summed E-state index contributed by atoms with van der Waals surface area (Å²) in [6.07, 6.45) is 6.01. The Morgan fingerprint density at radius 1 is 1.53 bits per heavy atom. The van der Waals surface area contributed by atoms with Gasteiger partial charge in [-0.1, -0.05) is 6.92 Å². The van der Waals surface area contributed by atoms with E-state index in [2.05, 4.69) is 28.8 Å². The Balaban J connectivity index is 2.19. The van der Waals surface area contributed by atoms with Crippen molar-refractivity contribution in [3.05, 3.63) is 24.3 Å². The normalized spacial score (nSPS) is 24.6. The first-order valence-corrected chi connectivity index (χ1v) is 6.24. The molecule has 1 N–H and O–H groups in total. The maximum Gasteiger partial charge on any atom is 0.117 e. The summed E-state index contributed by atoms with van der Waals surface area (Å²) in [6, 6.07) is 1.99. The molecule has 4 heteroatoms. The fourth-order valence-electron chi connectivity index (χ4n) is 2.90. The highest BCUT2D eigenvalue weighted by atomic mass is 15.1. The fraction of sp³-hybridized carbons (Fsp3) is 0.538. The van der Waals surface area contributed by atoms with Crippen LogP contribution in [0.15, 0.2) is 18.5 Å². The molecule has 4 nitrogen and oxygen atoms in total. The third-order valence-electron chi connectivity index (χ3n) is 4.08. The molecule has 2 aromatic rings. The number of fused-ring (bicyclic) bond motifs is 1. The van der Waals surface area contributed by atoms with Crippen molar-refractivity contribution in [1.82, 2.24) is 19.9 Å². The van der Waals surface area contributed by atoms with Crippen molar-refractivity contribution >= 4 is 11.0 Å². The van der Waals surface area contributed by atoms with Gasteiger partial charge < -0.3 is 9.88 Å². The van der Waals surface area contributed by atoms with Gasteiger partial charge in [-0.3, -0.25) is 4.98 Å². The zero-order valence-electron chi connectivity index (χ0n) is 10.4. The highest BCUT2D eigenvalue weighted by molar-refractivity contribution is 5.74. The Morgan fingerprint density at radius 2 is 2.41 bits per heavy atom. The Labute approximate surface area is 101 Å². The van der Waals surface area contributed by atoms with Gasteiger partial charge in [0.25, 0.3) is 0 Å². The van der Waals surface area contributed by atoms with Crippen LogP contribution in [0.25, 0.3) is 11.0 Å². The van der Waals surface area contributed by atoms with Crippen LogP contribution in [0.4, 0.5) is 0 Å². The molecule has 0 spiro atoms. The zero-order chi connectivity index (χ0) is 11.9. The van der Waals surface area contributed by atoms with Gasteiger partial charge in [0, 0.05) is 25.2 Å². The molecule has 0 bridgehead atoms. The number of aryl methyl sites for hydroxylation is 1. The van der Waals surface area contributed by atoms with Gasteiger partial charge in [0.05, 0.1) is 17.2 Å². The van der Waals surface area contributed by atoms with E-state index in [-0.39, 0.29) is 5.41 Å². The molecule has 1 unspecified atom stereocenters. The van der Waals surface area contributed by atoms with Crippen LogP contribution in [0.1, 0.15) is 25.6 Å². The van der Waals surface area contributed by atoms with Crippen LogP contribution < -0.4 is 5.32 Å². The molecule has 0 saturated carbocycles. The van der Waals surface area contributed by atoms with Gasteiger partial charge in [-0.05, 0) is 25.5 Å². The number of rotatable bonds is 2. The summed E-state index contributed by atoms with van der Waals surface area (Å²) in [7, 11) is 2.10. The lowest BCUT2D eigenvalue weighted by Crippen LogP contribution is -2.31. The minimum atomic E-state index is 0.202. The first-order valence-electron chi connectivity index (χ1n) is 6.24. The van der Waals surface area contributed by atoms with Crippen LogP contribution in [0.3, 0.4) is 0 Å². The molecule has 3 heterocycles.